The molecule has 1 heterocycles. The maximum Gasteiger partial charge on any atom is 0.321 e. The molecule has 1 aromatic carbocycles. The molecule has 0 bridgehead atoms. The first kappa shape index (κ1) is 11.0. The molecule has 16 heavy (non-hydrogen) atoms. The Morgan fingerprint density at radius 3 is 2.75 bits per heavy atom. The number of nitrogens with zero attached hydrogens (tertiary/aromatic N) is 1. The van der Waals surface area contributed by atoms with Crippen molar-refractivity contribution < 1.29 is 4.79 Å². The molecule has 2 amide bonds. The van der Waals surface area contributed by atoms with Gasteiger partial charge in [0.2, 0.25) is 0 Å². The van der Waals surface area contributed by atoms with Gasteiger partial charge in [0.25, 0.3) is 0 Å². The van der Waals surface area contributed by atoms with Crippen molar-refractivity contribution in [2.75, 3.05) is 18.0 Å². The lowest BCUT2D eigenvalue weighted by molar-refractivity contribution is 0.243. The van der Waals surface area contributed by atoms with Crippen LogP contribution in [0.3, 0.4) is 0 Å². The largest absolute Gasteiger partial charge is 0.338 e. The van der Waals surface area contributed by atoms with Crippen molar-refractivity contribution >= 4 is 11.7 Å². The lowest BCUT2D eigenvalue weighted by atomic mass is 10.0. The standard InChI is InChI=1S/C13H18N2O/c1-10(2)11-6-3-4-7-12(11)15-9-5-8-14-13(15)16/h3-4,6-7,10H,5,8-9H2,1-2H3,(H,14,16). The van der Waals surface area contributed by atoms with E-state index in [2.05, 4.69) is 25.2 Å². The van der Waals surface area contributed by atoms with Crippen LogP contribution in [0.5, 0.6) is 0 Å². The van der Waals surface area contributed by atoms with Crippen molar-refractivity contribution in [1.29, 1.82) is 0 Å². The number of carbonyl (C=O) groups is 1. The Morgan fingerprint density at radius 2 is 2.06 bits per heavy atom. The van der Waals surface area contributed by atoms with Crippen LogP contribution in [0.2, 0.25) is 0 Å². The molecular weight excluding hydrogens is 200 g/mol. The summed E-state index contributed by atoms with van der Waals surface area (Å²) in [5.74, 6) is 0.436. The number of rotatable bonds is 2. The molecule has 1 N–H and O–H groups in total. The number of anilines is 1. The Bertz CT molecular complexity index is 387. The Balaban J connectivity index is 2.34. The van der Waals surface area contributed by atoms with Crippen molar-refractivity contribution in [3.05, 3.63) is 29.8 Å². The van der Waals surface area contributed by atoms with E-state index in [0.717, 1.165) is 25.2 Å². The second-order valence-corrected chi connectivity index (χ2v) is 4.45. The van der Waals surface area contributed by atoms with Gasteiger partial charge in [-0.15, -0.1) is 0 Å². The van der Waals surface area contributed by atoms with Gasteiger partial charge in [-0.1, -0.05) is 32.0 Å². The highest BCUT2D eigenvalue weighted by atomic mass is 16.2. The number of urea groups is 1. The summed E-state index contributed by atoms with van der Waals surface area (Å²) in [5.41, 5.74) is 2.29. The first-order valence-electron chi connectivity index (χ1n) is 5.84. The highest BCUT2D eigenvalue weighted by molar-refractivity contribution is 5.93. The van der Waals surface area contributed by atoms with E-state index in [1.165, 1.54) is 5.56 Å². The van der Waals surface area contributed by atoms with Gasteiger partial charge in [0, 0.05) is 18.8 Å². The van der Waals surface area contributed by atoms with Crippen LogP contribution in [0.15, 0.2) is 24.3 Å². The smallest absolute Gasteiger partial charge is 0.321 e. The summed E-state index contributed by atoms with van der Waals surface area (Å²) in [6, 6.07) is 8.17. The second kappa shape index (κ2) is 4.56. The zero-order valence-electron chi connectivity index (χ0n) is 9.86. The Morgan fingerprint density at radius 1 is 1.31 bits per heavy atom. The van der Waals surface area contributed by atoms with Crippen LogP contribution in [0.4, 0.5) is 10.5 Å². The summed E-state index contributed by atoms with van der Waals surface area (Å²) in [6.07, 6.45) is 1.01. The van der Waals surface area contributed by atoms with Gasteiger partial charge in [-0.05, 0) is 24.0 Å². The van der Waals surface area contributed by atoms with Gasteiger partial charge in [0.1, 0.15) is 0 Å². The molecule has 0 aliphatic carbocycles. The summed E-state index contributed by atoms with van der Waals surface area (Å²) in [4.78, 5) is 13.6. The average molecular weight is 218 g/mol. The van der Waals surface area contributed by atoms with Gasteiger partial charge in [-0.3, -0.25) is 4.90 Å². The van der Waals surface area contributed by atoms with Gasteiger partial charge < -0.3 is 5.32 Å². The zero-order valence-corrected chi connectivity index (χ0v) is 9.86. The van der Waals surface area contributed by atoms with Crippen LogP contribution >= 0.6 is 0 Å². The van der Waals surface area contributed by atoms with Crippen molar-refractivity contribution in [2.45, 2.75) is 26.2 Å². The predicted octanol–water partition coefficient (Wildman–Crippen LogP) is 2.73. The Kier molecular flexibility index (Phi) is 3.13. The Labute approximate surface area is 96.5 Å². The van der Waals surface area contributed by atoms with E-state index < -0.39 is 0 Å². The first-order chi connectivity index (χ1) is 7.70. The van der Waals surface area contributed by atoms with Crippen molar-refractivity contribution in [2.24, 2.45) is 0 Å². The fraction of sp³-hybridized carbons (Fsp3) is 0.462. The number of nitrogens with one attached hydrogen (secondary N) is 1. The van der Waals surface area contributed by atoms with E-state index in [1.54, 1.807) is 0 Å². The lowest BCUT2D eigenvalue weighted by Gasteiger charge is -2.30. The minimum atomic E-state index is 0.0272. The van der Waals surface area contributed by atoms with Gasteiger partial charge in [0.15, 0.2) is 0 Å². The van der Waals surface area contributed by atoms with Crippen LogP contribution in [0, 0.1) is 0 Å². The van der Waals surface area contributed by atoms with Gasteiger partial charge in [-0.25, -0.2) is 4.79 Å². The van der Waals surface area contributed by atoms with Crippen LogP contribution in [-0.4, -0.2) is 19.1 Å². The molecule has 0 atom stereocenters. The van der Waals surface area contributed by atoms with E-state index in [9.17, 15) is 4.79 Å². The van der Waals surface area contributed by atoms with E-state index in [-0.39, 0.29) is 6.03 Å². The summed E-state index contributed by atoms with van der Waals surface area (Å²) < 4.78 is 0. The highest BCUT2D eigenvalue weighted by Gasteiger charge is 2.21. The van der Waals surface area contributed by atoms with E-state index >= 15 is 0 Å². The van der Waals surface area contributed by atoms with Gasteiger partial charge in [-0.2, -0.15) is 0 Å². The molecule has 0 unspecified atom stereocenters. The molecule has 0 radical (unpaired) electrons. The van der Waals surface area contributed by atoms with E-state index in [4.69, 9.17) is 0 Å². The fourth-order valence-electron chi connectivity index (χ4n) is 2.08. The summed E-state index contributed by atoms with van der Waals surface area (Å²) in [7, 11) is 0. The first-order valence-corrected chi connectivity index (χ1v) is 5.84. The molecule has 1 aromatic rings. The molecule has 1 fully saturated rings. The molecule has 0 saturated carbocycles. The van der Waals surface area contributed by atoms with E-state index in [1.807, 2.05) is 23.1 Å². The number of para-hydroxylation sites is 1. The highest BCUT2D eigenvalue weighted by Crippen LogP contribution is 2.28. The van der Waals surface area contributed by atoms with Crippen LogP contribution in [-0.2, 0) is 0 Å². The third-order valence-electron chi connectivity index (χ3n) is 2.93. The summed E-state index contributed by atoms with van der Waals surface area (Å²) in [5, 5.41) is 2.88. The van der Waals surface area contributed by atoms with Gasteiger partial charge >= 0.3 is 6.03 Å². The molecule has 3 heteroatoms. The van der Waals surface area contributed by atoms with Crippen molar-refractivity contribution in [3.63, 3.8) is 0 Å². The monoisotopic (exact) mass is 218 g/mol. The SMILES string of the molecule is CC(C)c1ccccc1N1CCCNC1=O. The third kappa shape index (κ3) is 2.03. The maximum absolute atomic E-state index is 11.8. The molecule has 3 nitrogen and oxygen atoms in total. The maximum atomic E-state index is 11.8. The number of hydrogen-bond acceptors (Lipinski definition) is 1. The number of amides is 2. The number of benzene rings is 1. The fourth-order valence-corrected chi connectivity index (χ4v) is 2.08. The molecule has 0 spiro atoms. The topological polar surface area (TPSA) is 32.3 Å². The predicted molar refractivity (Wildman–Crippen MR) is 65.9 cm³/mol. The average Bonchev–Trinajstić information content (AvgIpc) is 2.29. The van der Waals surface area contributed by atoms with Crippen molar-refractivity contribution in [1.82, 2.24) is 5.32 Å². The quantitative estimate of drug-likeness (QED) is 0.813. The Hall–Kier alpha value is -1.51. The molecule has 1 saturated heterocycles. The zero-order chi connectivity index (χ0) is 11.5. The third-order valence-corrected chi connectivity index (χ3v) is 2.93. The minimum Gasteiger partial charge on any atom is -0.338 e. The van der Waals surface area contributed by atoms with Crippen LogP contribution in [0.25, 0.3) is 0 Å². The molecule has 86 valence electrons. The van der Waals surface area contributed by atoms with Crippen molar-refractivity contribution in [3.8, 4) is 0 Å². The molecule has 1 aliphatic heterocycles. The molecule has 0 aromatic heterocycles. The molecule has 1 aliphatic rings. The molecule has 2 rings (SSSR count). The lowest BCUT2D eigenvalue weighted by Crippen LogP contribution is -2.46. The van der Waals surface area contributed by atoms with E-state index in [0.29, 0.717) is 5.92 Å². The van der Waals surface area contributed by atoms with Crippen LogP contribution in [0.1, 0.15) is 31.7 Å². The normalized spacial score (nSPS) is 16.4. The number of hydrogen-bond donors (Lipinski definition) is 1. The number of carbonyl (C=O) groups excluding carboxylic acids is 1. The minimum absolute atomic E-state index is 0.0272. The van der Waals surface area contributed by atoms with Gasteiger partial charge in [0.05, 0.1) is 0 Å². The van der Waals surface area contributed by atoms with Crippen LogP contribution < -0.4 is 10.2 Å². The second-order valence-electron chi connectivity index (χ2n) is 4.45. The molecular formula is C13H18N2O. The summed E-state index contributed by atoms with van der Waals surface area (Å²) >= 11 is 0. The summed E-state index contributed by atoms with van der Waals surface area (Å²) in [6.45, 7) is 5.91.